The first-order chi connectivity index (χ1) is 10.4. The average Bonchev–Trinajstić information content (AvgIpc) is 3.06. The molecule has 0 unspecified atom stereocenters. The molecule has 1 amide bonds. The molecule has 4 rings (SSSR count). The monoisotopic (exact) mass is 325 g/mol. The summed E-state index contributed by atoms with van der Waals surface area (Å²) >= 11 is 0. The molecule has 0 aromatic carbocycles. The number of rotatable bonds is 3. The predicted molar refractivity (Wildman–Crippen MR) is 77.5 cm³/mol. The van der Waals surface area contributed by atoms with E-state index in [0.717, 1.165) is 19.3 Å². The molecular weight excluding hydrogens is 306 g/mol. The maximum atomic E-state index is 12.3. The number of amides is 1. The van der Waals surface area contributed by atoms with Crippen molar-refractivity contribution in [3.8, 4) is 0 Å². The van der Waals surface area contributed by atoms with Crippen LogP contribution in [0.3, 0.4) is 0 Å². The van der Waals surface area contributed by atoms with E-state index in [2.05, 4.69) is 10.1 Å². The highest BCUT2D eigenvalue weighted by atomic mass is 32.2. The van der Waals surface area contributed by atoms with E-state index in [1.807, 2.05) is 0 Å². The van der Waals surface area contributed by atoms with Crippen LogP contribution in [0.1, 0.15) is 29.9 Å². The summed E-state index contributed by atoms with van der Waals surface area (Å²) < 4.78 is 27.7. The fourth-order valence-corrected chi connectivity index (χ4v) is 5.38. The molecule has 1 aromatic rings. The van der Waals surface area contributed by atoms with Gasteiger partial charge in [-0.05, 0) is 19.3 Å². The Morgan fingerprint density at radius 1 is 1.32 bits per heavy atom. The number of nitrogens with zero attached hydrogens (tertiary/aromatic N) is 5. The zero-order valence-electron chi connectivity index (χ0n) is 12.5. The molecule has 1 spiro atoms. The molecule has 8 nitrogen and oxygen atoms in total. The Morgan fingerprint density at radius 3 is 2.64 bits per heavy atom. The number of aromatic nitrogens is 3. The SMILES string of the molecule is Cn1cnc(C(=O)N2CC3(CCN(S(=O)(=O)C4CC4)C3)C2)n1. The molecule has 3 fully saturated rings. The number of hydrogen-bond donors (Lipinski definition) is 0. The minimum atomic E-state index is -3.10. The summed E-state index contributed by atoms with van der Waals surface area (Å²) in [6, 6.07) is 0. The second-order valence-electron chi connectivity index (χ2n) is 6.73. The van der Waals surface area contributed by atoms with Crippen LogP contribution in [-0.2, 0) is 17.1 Å². The number of sulfonamides is 1. The van der Waals surface area contributed by atoms with E-state index in [1.54, 1.807) is 16.3 Å². The highest BCUT2D eigenvalue weighted by molar-refractivity contribution is 7.90. The lowest BCUT2D eigenvalue weighted by molar-refractivity contribution is 0.0126. The number of hydrogen-bond acceptors (Lipinski definition) is 5. The zero-order chi connectivity index (χ0) is 15.5. The molecule has 120 valence electrons. The molecule has 1 aromatic heterocycles. The summed E-state index contributed by atoms with van der Waals surface area (Å²) in [5.41, 5.74) is -0.0631. The molecule has 0 N–H and O–H groups in total. The number of likely N-dealkylation sites (tertiary alicyclic amines) is 1. The van der Waals surface area contributed by atoms with Gasteiger partial charge in [0.25, 0.3) is 5.91 Å². The fourth-order valence-electron chi connectivity index (χ4n) is 3.43. The van der Waals surface area contributed by atoms with E-state index >= 15 is 0 Å². The van der Waals surface area contributed by atoms with Crippen molar-refractivity contribution < 1.29 is 13.2 Å². The third-order valence-corrected chi connectivity index (χ3v) is 7.18. The molecule has 9 heteroatoms. The van der Waals surface area contributed by atoms with Crippen molar-refractivity contribution in [2.24, 2.45) is 12.5 Å². The van der Waals surface area contributed by atoms with Crippen molar-refractivity contribution in [1.29, 1.82) is 0 Å². The molecule has 2 saturated heterocycles. The van der Waals surface area contributed by atoms with Crippen LogP contribution in [0.4, 0.5) is 0 Å². The summed E-state index contributed by atoms with van der Waals surface area (Å²) in [5, 5.41) is 3.87. The molecule has 2 aliphatic heterocycles. The highest BCUT2D eigenvalue weighted by Gasteiger charge is 2.53. The van der Waals surface area contributed by atoms with E-state index in [0.29, 0.717) is 26.2 Å². The van der Waals surface area contributed by atoms with Crippen LogP contribution in [-0.4, -0.2) is 69.7 Å². The van der Waals surface area contributed by atoms with Crippen LogP contribution < -0.4 is 0 Å². The Bertz CT molecular complexity index is 718. The Hall–Kier alpha value is -1.48. The van der Waals surface area contributed by atoms with Crippen molar-refractivity contribution in [1.82, 2.24) is 24.0 Å². The van der Waals surface area contributed by atoms with Crippen LogP contribution in [0, 0.1) is 5.41 Å². The normalized spacial score (nSPS) is 24.7. The maximum absolute atomic E-state index is 12.3. The molecule has 0 bridgehead atoms. The predicted octanol–water partition coefficient (Wildman–Crippen LogP) is -0.545. The van der Waals surface area contributed by atoms with Gasteiger partial charge in [0.15, 0.2) is 0 Å². The maximum Gasteiger partial charge on any atom is 0.293 e. The van der Waals surface area contributed by atoms with E-state index < -0.39 is 10.0 Å². The first-order valence-corrected chi connectivity index (χ1v) is 9.04. The molecule has 0 radical (unpaired) electrons. The standard InChI is InChI=1S/C13H19N5O3S/c1-16-9-14-11(15-16)12(19)17-6-13(7-17)4-5-18(8-13)22(20,21)10-2-3-10/h9-10H,2-8H2,1H3. The van der Waals surface area contributed by atoms with Gasteiger partial charge in [-0.2, -0.15) is 0 Å². The number of aryl methyl sites for hydroxylation is 1. The fraction of sp³-hybridized carbons (Fsp3) is 0.769. The second-order valence-corrected chi connectivity index (χ2v) is 8.94. The van der Waals surface area contributed by atoms with E-state index in [9.17, 15) is 13.2 Å². The second kappa shape index (κ2) is 4.51. The lowest BCUT2D eigenvalue weighted by Gasteiger charge is -2.47. The summed E-state index contributed by atoms with van der Waals surface area (Å²) in [6.45, 7) is 2.33. The highest BCUT2D eigenvalue weighted by Crippen LogP contribution is 2.43. The molecule has 0 atom stereocenters. The van der Waals surface area contributed by atoms with Crippen LogP contribution in [0.15, 0.2) is 6.33 Å². The van der Waals surface area contributed by atoms with Gasteiger partial charge >= 0.3 is 0 Å². The lowest BCUT2D eigenvalue weighted by Crippen LogP contribution is -2.59. The molecule has 22 heavy (non-hydrogen) atoms. The summed E-state index contributed by atoms with van der Waals surface area (Å²) in [7, 11) is -1.38. The Labute approximate surface area is 129 Å². The smallest absolute Gasteiger partial charge is 0.293 e. The van der Waals surface area contributed by atoms with Crippen LogP contribution in [0.5, 0.6) is 0 Å². The van der Waals surface area contributed by atoms with Crippen molar-refractivity contribution in [3.63, 3.8) is 0 Å². The Morgan fingerprint density at radius 2 is 2.05 bits per heavy atom. The van der Waals surface area contributed by atoms with Gasteiger partial charge in [-0.1, -0.05) is 0 Å². The van der Waals surface area contributed by atoms with Crippen molar-refractivity contribution in [2.75, 3.05) is 26.2 Å². The Balaban J connectivity index is 1.40. The number of carbonyl (C=O) groups excluding carboxylic acids is 1. The number of carbonyl (C=O) groups is 1. The third kappa shape index (κ3) is 2.14. The van der Waals surface area contributed by atoms with Gasteiger partial charge in [0.1, 0.15) is 6.33 Å². The molecular formula is C13H19N5O3S. The molecule has 1 saturated carbocycles. The van der Waals surface area contributed by atoms with Gasteiger partial charge in [0.05, 0.1) is 5.25 Å². The van der Waals surface area contributed by atoms with Gasteiger partial charge in [-0.15, -0.1) is 5.10 Å². The average molecular weight is 325 g/mol. The molecule has 3 heterocycles. The lowest BCUT2D eigenvalue weighted by atomic mass is 9.79. The van der Waals surface area contributed by atoms with Gasteiger partial charge < -0.3 is 4.90 Å². The van der Waals surface area contributed by atoms with E-state index in [4.69, 9.17) is 0 Å². The van der Waals surface area contributed by atoms with Crippen LogP contribution in [0.2, 0.25) is 0 Å². The third-order valence-electron chi connectivity index (χ3n) is 4.84. The van der Waals surface area contributed by atoms with Gasteiger partial charge in [0, 0.05) is 38.6 Å². The minimum absolute atomic E-state index is 0.0631. The first kappa shape index (κ1) is 14.1. The van der Waals surface area contributed by atoms with Crippen molar-refractivity contribution >= 4 is 15.9 Å². The van der Waals surface area contributed by atoms with E-state index in [-0.39, 0.29) is 22.4 Å². The largest absolute Gasteiger partial charge is 0.335 e. The van der Waals surface area contributed by atoms with Crippen molar-refractivity contribution in [3.05, 3.63) is 12.2 Å². The molecule has 1 aliphatic carbocycles. The van der Waals surface area contributed by atoms with Crippen molar-refractivity contribution in [2.45, 2.75) is 24.5 Å². The zero-order valence-corrected chi connectivity index (χ0v) is 13.3. The Kier molecular flexibility index (Phi) is 2.90. The van der Waals surface area contributed by atoms with Gasteiger partial charge in [0.2, 0.25) is 15.8 Å². The van der Waals surface area contributed by atoms with E-state index in [1.165, 1.54) is 11.0 Å². The van der Waals surface area contributed by atoms with Crippen LogP contribution in [0.25, 0.3) is 0 Å². The van der Waals surface area contributed by atoms with Gasteiger partial charge in [-0.3, -0.25) is 9.48 Å². The topological polar surface area (TPSA) is 88.4 Å². The first-order valence-electron chi connectivity index (χ1n) is 7.54. The van der Waals surface area contributed by atoms with Gasteiger partial charge in [-0.25, -0.2) is 17.7 Å². The molecule has 3 aliphatic rings. The summed E-state index contributed by atoms with van der Waals surface area (Å²) in [5.74, 6) is 0.0348. The minimum Gasteiger partial charge on any atom is -0.335 e. The quantitative estimate of drug-likeness (QED) is 0.744. The van der Waals surface area contributed by atoms with Crippen LogP contribution >= 0.6 is 0 Å². The summed E-state index contributed by atoms with van der Waals surface area (Å²) in [6.07, 6.45) is 3.92. The summed E-state index contributed by atoms with van der Waals surface area (Å²) in [4.78, 5) is 17.9.